The van der Waals surface area contributed by atoms with Crippen molar-refractivity contribution in [2.45, 2.75) is 27.7 Å². The van der Waals surface area contributed by atoms with Gasteiger partial charge in [0.1, 0.15) is 11.7 Å². The maximum atomic E-state index is 11.3. The standard InChI is InChI=1S/C9H16O3/c1-5(2)6(3)8(10)7(4)9(11)12/h5-7H,1-4H3,(H,11,12)/t6-,7+/m0/s1. The van der Waals surface area contributed by atoms with Crippen LogP contribution in [-0.2, 0) is 9.59 Å². The van der Waals surface area contributed by atoms with Crippen LogP contribution in [0.2, 0.25) is 0 Å². The molecule has 0 aromatic heterocycles. The van der Waals surface area contributed by atoms with Crippen molar-refractivity contribution >= 4 is 11.8 Å². The zero-order valence-corrected chi connectivity index (χ0v) is 8.00. The molecule has 0 aromatic carbocycles. The molecule has 2 atom stereocenters. The van der Waals surface area contributed by atoms with Gasteiger partial charge < -0.3 is 5.11 Å². The Labute approximate surface area is 72.8 Å². The molecule has 3 heteroatoms. The second-order valence-corrected chi connectivity index (χ2v) is 3.49. The Morgan fingerprint density at radius 3 is 1.75 bits per heavy atom. The van der Waals surface area contributed by atoms with E-state index in [1.54, 1.807) is 6.92 Å². The van der Waals surface area contributed by atoms with Crippen molar-refractivity contribution in [1.29, 1.82) is 0 Å². The van der Waals surface area contributed by atoms with Crippen molar-refractivity contribution in [3.05, 3.63) is 0 Å². The molecule has 0 rings (SSSR count). The summed E-state index contributed by atoms with van der Waals surface area (Å²) in [7, 11) is 0. The van der Waals surface area contributed by atoms with Gasteiger partial charge in [0.15, 0.2) is 0 Å². The first-order valence-corrected chi connectivity index (χ1v) is 4.14. The summed E-state index contributed by atoms with van der Waals surface area (Å²) >= 11 is 0. The van der Waals surface area contributed by atoms with Gasteiger partial charge in [0.05, 0.1) is 0 Å². The van der Waals surface area contributed by atoms with E-state index in [1.807, 2.05) is 13.8 Å². The summed E-state index contributed by atoms with van der Waals surface area (Å²) in [5.41, 5.74) is 0. The van der Waals surface area contributed by atoms with Gasteiger partial charge in [-0.1, -0.05) is 20.8 Å². The number of aliphatic carboxylic acids is 1. The maximum absolute atomic E-state index is 11.3. The van der Waals surface area contributed by atoms with Crippen LogP contribution < -0.4 is 0 Å². The first kappa shape index (κ1) is 11.1. The second-order valence-electron chi connectivity index (χ2n) is 3.49. The van der Waals surface area contributed by atoms with Gasteiger partial charge in [-0.15, -0.1) is 0 Å². The molecule has 0 aliphatic rings. The minimum Gasteiger partial charge on any atom is -0.481 e. The Morgan fingerprint density at radius 2 is 1.50 bits per heavy atom. The molecule has 0 aliphatic heterocycles. The lowest BCUT2D eigenvalue weighted by Gasteiger charge is -2.16. The van der Waals surface area contributed by atoms with Crippen LogP contribution in [0.25, 0.3) is 0 Å². The highest BCUT2D eigenvalue weighted by Crippen LogP contribution is 2.15. The minimum absolute atomic E-state index is 0.170. The smallest absolute Gasteiger partial charge is 0.313 e. The van der Waals surface area contributed by atoms with Gasteiger partial charge in [0, 0.05) is 5.92 Å². The zero-order chi connectivity index (χ0) is 9.89. The van der Waals surface area contributed by atoms with Crippen molar-refractivity contribution < 1.29 is 14.7 Å². The fraction of sp³-hybridized carbons (Fsp3) is 0.778. The minimum atomic E-state index is -1.03. The third kappa shape index (κ3) is 2.64. The molecular formula is C9H16O3. The fourth-order valence-corrected chi connectivity index (χ4v) is 0.845. The fourth-order valence-electron chi connectivity index (χ4n) is 0.845. The number of carbonyl (C=O) groups excluding carboxylic acids is 1. The molecular weight excluding hydrogens is 156 g/mol. The van der Waals surface area contributed by atoms with Gasteiger partial charge in [-0.25, -0.2) is 0 Å². The lowest BCUT2D eigenvalue weighted by atomic mass is 9.87. The van der Waals surface area contributed by atoms with Crippen molar-refractivity contribution in [3.8, 4) is 0 Å². The van der Waals surface area contributed by atoms with Crippen molar-refractivity contribution in [3.63, 3.8) is 0 Å². The molecule has 0 bridgehead atoms. The molecule has 0 saturated carbocycles. The largest absolute Gasteiger partial charge is 0.481 e. The average molecular weight is 172 g/mol. The molecule has 3 nitrogen and oxygen atoms in total. The van der Waals surface area contributed by atoms with E-state index in [1.165, 1.54) is 6.92 Å². The van der Waals surface area contributed by atoms with E-state index in [4.69, 9.17) is 5.11 Å². The predicted molar refractivity (Wildman–Crippen MR) is 45.8 cm³/mol. The maximum Gasteiger partial charge on any atom is 0.313 e. The van der Waals surface area contributed by atoms with Gasteiger partial charge in [0.2, 0.25) is 0 Å². The van der Waals surface area contributed by atoms with E-state index >= 15 is 0 Å². The summed E-state index contributed by atoms with van der Waals surface area (Å²) in [4.78, 5) is 21.8. The quantitative estimate of drug-likeness (QED) is 0.655. The summed E-state index contributed by atoms with van der Waals surface area (Å²) in [5.74, 6) is -2.05. The normalized spacial score (nSPS) is 15.8. The van der Waals surface area contributed by atoms with E-state index < -0.39 is 11.9 Å². The number of hydrogen-bond acceptors (Lipinski definition) is 2. The Balaban J connectivity index is 4.29. The van der Waals surface area contributed by atoms with Gasteiger partial charge in [0.25, 0.3) is 0 Å². The highest BCUT2D eigenvalue weighted by molar-refractivity contribution is 5.98. The summed E-state index contributed by atoms with van der Waals surface area (Å²) in [6, 6.07) is 0. The molecule has 12 heavy (non-hydrogen) atoms. The van der Waals surface area contributed by atoms with E-state index in [9.17, 15) is 9.59 Å². The topological polar surface area (TPSA) is 54.4 Å². The number of rotatable bonds is 4. The molecule has 0 aromatic rings. The molecule has 0 unspecified atom stereocenters. The van der Waals surface area contributed by atoms with Crippen molar-refractivity contribution in [2.75, 3.05) is 0 Å². The Morgan fingerprint density at radius 1 is 1.08 bits per heavy atom. The van der Waals surface area contributed by atoms with Gasteiger partial charge in [-0.2, -0.15) is 0 Å². The summed E-state index contributed by atoms with van der Waals surface area (Å²) in [6.45, 7) is 7.03. The summed E-state index contributed by atoms with van der Waals surface area (Å²) in [6.07, 6.45) is 0. The van der Waals surface area contributed by atoms with E-state index in [-0.39, 0.29) is 17.6 Å². The number of carboxylic acids is 1. The Bertz CT molecular complexity index is 184. The number of carboxylic acid groups (broad SMARTS) is 1. The van der Waals surface area contributed by atoms with Gasteiger partial charge >= 0.3 is 5.97 Å². The van der Waals surface area contributed by atoms with Crippen molar-refractivity contribution in [1.82, 2.24) is 0 Å². The molecule has 0 radical (unpaired) electrons. The third-order valence-electron chi connectivity index (χ3n) is 2.25. The van der Waals surface area contributed by atoms with Crippen LogP contribution in [0.4, 0.5) is 0 Å². The van der Waals surface area contributed by atoms with E-state index in [0.717, 1.165) is 0 Å². The lowest BCUT2D eigenvalue weighted by molar-refractivity contribution is -0.147. The molecule has 70 valence electrons. The summed E-state index contributed by atoms with van der Waals surface area (Å²) < 4.78 is 0. The molecule has 0 spiro atoms. The first-order chi connectivity index (χ1) is 5.37. The van der Waals surface area contributed by atoms with E-state index in [0.29, 0.717) is 0 Å². The molecule has 0 amide bonds. The highest BCUT2D eigenvalue weighted by Gasteiger charge is 2.26. The summed E-state index contributed by atoms with van der Waals surface area (Å²) in [5, 5.41) is 8.56. The SMILES string of the molecule is CC(C)[C@H](C)C(=O)[C@@H](C)C(=O)O. The van der Waals surface area contributed by atoms with Crippen LogP contribution in [0.3, 0.4) is 0 Å². The van der Waals surface area contributed by atoms with Crippen LogP contribution in [-0.4, -0.2) is 16.9 Å². The van der Waals surface area contributed by atoms with Crippen LogP contribution in [0.15, 0.2) is 0 Å². The average Bonchev–Trinajstić information content (AvgIpc) is 2.00. The highest BCUT2D eigenvalue weighted by atomic mass is 16.4. The number of Topliss-reactive ketones (excluding diaryl/α,β-unsaturated/α-hetero) is 1. The predicted octanol–water partition coefficient (Wildman–Crippen LogP) is 1.57. The van der Waals surface area contributed by atoms with Gasteiger partial charge in [-0.3, -0.25) is 9.59 Å². The number of carbonyl (C=O) groups is 2. The van der Waals surface area contributed by atoms with Crippen LogP contribution in [0, 0.1) is 17.8 Å². The van der Waals surface area contributed by atoms with Crippen LogP contribution in [0.1, 0.15) is 27.7 Å². The van der Waals surface area contributed by atoms with Gasteiger partial charge in [-0.05, 0) is 12.8 Å². The molecule has 0 heterocycles. The molecule has 1 N–H and O–H groups in total. The first-order valence-electron chi connectivity index (χ1n) is 4.14. The number of hydrogen-bond donors (Lipinski definition) is 1. The zero-order valence-electron chi connectivity index (χ0n) is 8.00. The van der Waals surface area contributed by atoms with E-state index in [2.05, 4.69) is 0 Å². The van der Waals surface area contributed by atoms with Crippen LogP contribution >= 0.6 is 0 Å². The van der Waals surface area contributed by atoms with Crippen LogP contribution in [0.5, 0.6) is 0 Å². The molecule has 0 saturated heterocycles. The Kier molecular flexibility index (Phi) is 3.93. The lowest BCUT2D eigenvalue weighted by Crippen LogP contribution is -2.28. The second kappa shape index (κ2) is 4.24. The molecule has 0 fully saturated rings. The van der Waals surface area contributed by atoms with Crippen molar-refractivity contribution in [2.24, 2.45) is 17.8 Å². The number of ketones is 1. The molecule has 0 aliphatic carbocycles. The monoisotopic (exact) mass is 172 g/mol. The Hall–Kier alpha value is -0.860. The third-order valence-corrected chi connectivity index (χ3v) is 2.25.